The molecule has 68 valence electrons. The van der Waals surface area contributed by atoms with Gasteiger partial charge in [-0.05, 0) is 6.42 Å². The van der Waals surface area contributed by atoms with Crippen LogP contribution in [0.25, 0.3) is 0 Å². The molecule has 0 aromatic rings. The lowest BCUT2D eigenvalue weighted by atomic mass is 10.0. The molecular weight excluding hydrogens is 167 g/mol. The zero-order chi connectivity index (χ0) is 9.07. The molecule has 0 rings (SSSR count). The summed E-state index contributed by atoms with van der Waals surface area (Å²) in [5.41, 5.74) is 0. The fourth-order valence-corrected chi connectivity index (χ4v) is 0.744. The molecule has 0 aromatic carbocycles. The van der Waals surface area contributed by atoms with Crippen LogP contribution in [-0.4, -0.2) is 12.6 Å². The van der Waals surface area contributed by atoms with Gasteiger partial charge in [0.15, 0.2) is 0 Å². The second-order valence-electron chi connectivity index (χ2n) is 2.27. The van der Waals surface area contributed by atoms with Crippen LogP contribution in [0.1, 0.15) is 19.8 Å². The summed E-state index contributed by atoms with van der Waals surface area (Å²) in [6.45, 7) is 1.45. The maximum atomic E-state index is 11.7. The van der Waals surface area contributed by atoms with Gasteiger partial charge in [-0.3, -0.25) is 0 Å². The summed E-state index contributed by atoms with van der Waals surface area (Å²) in [7, 11) is 0. The van der Waals surface area contributed by atoms with Crippen molar-refractivity contribution < 1.29 is 22.0 Å². The zero-order valence-electron chi connectivity index (χ0n) is 5.96. The number of alkyl halides is 5. The van der Waals surface area contributed by atoms with Crippen LogP contribution >= 0.6 is 0 Å². The second kappa shape index (κ2) is 3.88. The molecule has 0 N–H and O–H groups in total. The molecular formula is C6H9F5. The first kappa shape index (κ1) is 10.7. The average molecular weight is 176 g/mol. The van der Waals surface area contributed by atoms with Gasteiger partial charge in [-0.2, -0.15) is 13.2 Å². The minimum absolute atomic E-state index is 0.120. The molecule has 1 atom stereocenters. The van der Waals surface area contributed by atoms with Gasteiger partial charge in [0.05, 0.1) is 0 Å². The molecule has 5 heteroatoms. The van der Waals surface area contributed by atoms with E-state index in [4.69, 9.17) is 0 Å². The van der Waals surface area contributed by atoms with Crippen molar-refractivity contribution in [3.63, 3.8) is 0 Å². The van der Waals surface area contributed by atoms with Crippen molar-refractivity contribution in [1.82, 2.24) is 0 Å². The predicted molar refractivity (Wildman–Crippen MR) is 30.5 cm³/mol. The Morgan fingerprint density at radius 1 is 1.18 bits per heavy atom. The smallest absolute Gasteiger partial charge is 0.210 e. The SMILES string of the molecule is CCCC(C(F)F)C(F)(F)F. The zero-order valence-corrected chi connectivity index (χ0v) is 5.96. The van der Waals surface area contributed by atoms with Crippen molar-refractivity contribution in [2.24, 2.45) is 5.92 Å². The largest absolute Gasteiger partial charge is 0.397 e. The molecule has 0 radical (unpaired) electrons. The van der Waals surface area contributed by atoms with Crippen LogP contribution in [0.15, 0.2) is 0 Å². The van der Waals surface area contributed by atoms with Crippen molar-refractivity contribution in [3.05, 3.63) is 0 Å². The molecule has 11 heavy (non-hydrogen) atoms. The van der Waals surface area contributed by atoms with E-state index in [2.05, 4.69) is 0 Å². The van der Waals surface area contributed by atoms with Crippen LogP contribution in [0.3, 0.4) is 0 Å². The van der Waals surface area contributed by atoms with E-state index in [1.165, 1.54) is 6.92 Å². The van der Waals surface area contributed by atoms with Crippen LogP contribution < -0.4 is 0 Å². The second-order valence-corrected chi connectivity index (χ2v) is 2.27. The minimum atomic E-state index is -4.76. The first-order chi connectivity index (χ1) is 4.89. The van der Waals surface area contributed by atoms with E-state index in [1.54, 1.807) is 0 Å². The van der Waals surface area contributed by atoms with E-state index < -0.39 is 24.9 Å². The van der Waals surface area contributed by atoms with Crippen molar-refractivity contribution >= 4 is 0 Å². The molecule has 0 aliphatic carbocycles. The topological polar surface area (TPSA) is 0 Å². The van der Waals surface area contributed by atoms with Crippen LogP contribution in [0.2, 0.25) is 0 Å². The van der Waals surface area contributed by atoms with Crippen molar-refractivity contribution in [3.8, 4) is 0 Å². The van der Waals surface area contributed by atoms with Crippen molar-refractivity contribution in [2.75, 3.05) is 0 Å². The van der Waals surface area contributed by atoms with Gasteiger partial charge in [-0.15, -0.1) is 0 Å². The monoisotopic (exact) mass is 176 g/mol. The fraction of sp³-hybridized carbons (Fsp3) is 1.00. The summed E-state index contributed by atoms with van der Waals surface area (Å²) in [4.78, 5) is 0. The molecule has 0 heterocycles. The highest BCUT2D eigenvalue weighted by Gasteiger charge is 2.44. The van der Waals surface area contributed by atoms with Crippen LogP contribution in [0, 0.1) is 5.92 Å². The maximum Gasteiger partial charge on any atom is 0.397 e. The summed E-state index contributed by atoms with van der Waals surface area (Å²) < 4.78 is 58.4. The normalized spacial score (nSPS) is 15.5. The first-order valence-electron chi connectivity index (χ1n) is 3.24. The van der Waals surface area contributed by atoms with Gasteiger partial charge in [-0.25, -0.2) is 8.78 Å². The van der Waals surface area contributed by atoms with Crippen molar-refractivity contribution in [1.29, 1.82) is 0 Å². The quantitative estimate of drug-likeness (QED) is 0.579. The van der Waals surface area contributed by atoms with E-state index in [1.807, 2.05) is 0 Å². The van der Waals surface area contributed by atoms with Gasteiger partial charge >= 0.3 is 6.18 Å². The summed E-state index contributed by atoms with van der Waals surface area (Å²) in [6.07, 6.45) is -8.44. The van der Waals surface area contributed by atoms with E-state index >= 15 is 0 Å². The van der Waals surface area contributed by atoms with Crippen LogP contribution in [0.4, 0.5) is 22.0 Å². The maximum absolute atomic E-state index is 11.7. The number of rotatable bonds is 3. The molecule has 0 bridgehead atoms. The Labute approximate surface area is 61.4 Å². The molecule has 0 aromatic heterocycles. The molecule has 0 aliphatic heterocycles. The molecule has 0 nitrogen and oxygen atoms in total. The van der Waals surface area contributed by atoms with Crippen LogP contribution in [0.5, 0.6) is 0 Å². The lowest BCUT2D eigenvalue weighted by Crippen LogP contribution is -2.29. The standard InChI is InChI=1S/C6H9F5/c1-2-3-4(5(7)8)6(9,10)11/h4-5H,2-3H2,1H3. The third kappa shape index (κ3) is 3.53. The first-order valence-corrected chi connectivity index (χ1v) is 3.24. The van der Waals surface area contributed by atoms with Gasteiger partial charge in [0, 0.05) is 0 Å². The van der Waals surface area contributed by atoms with Gasteiger partial charge in [0.2, 0.25) is 6.43 Å². The fourth-order valence-electron chi connectivity index (χ4n) is 0.744. The molecule has 0 spiro atoms. The number of hydrogen-bond donors (Lipinski definition) is 0. The van der Waals surface area contributed by atoms with Gasteiger partial charge in [0.1, 0.15) is 5.92 Å². The lowest BCUT2D eigenvalue weighted by molar-refractivity contribution is -0.208. The summed E-state index contributed by atoms with van der Waals surface area (Å²) in [6, 6.07) is 0. The molecule has 0 amide bonds. The molecule has 0 saturated heterocycles. The highest BCUT2D eigenvalue weighted by Crippen LogP contribution is 2.34. The number of halogens is 5. The third-order valence-corrected chi connectivity index (χ3v) is 1.32. The van der Waals surface area contributed by atoms with Gasteiger partial charge < -0.3 is 0 Å². The minimum Gasteiger partial charge on any atom is -0.210 e. The number of hydrogen-bond acceptors (Lipinski definition) is 0. The molecule has 0 fully saturated rings. The third-order valence-electron chi connectivity index (χ3n) is 1.32. The Bertz CT molecular complexity index is 106. The summed E-state index contributed by atoms with van der Waals surface area (Å²) >= 11 is 0. The van der Waals surface area contributed by atoms with Gasteiger partial charge in [0.25, 0.3) is 0 Å². The summed E-state index contributed by atoms with van der Waals surface area (Å²) in [5.74, 6) is -2.45. The van der Waals surface area contributed by atoms with E-state index in [9.17, 15) is 22.0 Å². The molecule has 1 unspecified atom stereocenters. The van der Waals surface area contributed by atoms with Crippen molar-refractivity contribution in [2.45, 2.75) is 32.4 Å². The van der Waals surface area contributed by atoms with E-state index in [-0.39, 0.29) is 6.42 Å². The van der Waals surface area contributed by atoms with E-state index in [0.29, 0.717) is 0 Å². The molecule has 0 aliphatic rings. The predicted octanol–water partition coefficient (Wildman–Crippen LogP) is 3.23. The highest BCUT2D eigenvalue weighted by molar-refractivity contribution is 4.69. The Morgan fingerprint density at radius 3 is 1.73 bits per heavy atom. The Morgan fingerprint density at radius 2 is 1.64 bits per heavy atom. The average Bonchev–Trinajstić information content (AvgIpc) is 1.79. The van der Waals surface area contributed by atoms with E-state index in [0.717, 1.165) is 0 Å². The van der Waals surface area contributed by atoms with Crippen LogP contribution in [-0.2, 0) is 0 Å². The Balaban J connectivity index is 4.10. The Kier molecular flexibility index (Phi) is 3.75. The Hall–Kier alpha value is -0.350. The highest BCUT2D eigenvalue weighted by atomic mass is 19.4. The molecule has 0 saturated carbocycles. The lowest BCUT2D eigenvalue weighted by Gasteiger charge is -2.17. The van der Waals surface area contributed by atoms with Gasteiger partial charge in [-0.1, -0.05) is 13.3 Å². The summed E-state index contributed by atoms with van der Waals surface area (Å²) in [5, 5.41) is 0.